The predicted octanol–water partition coefficient (Wildman–Crippen LogP) is 4.87. The van der Waals surface area contributed by atoms with Crippen LogP contribution in [0.25, 0.3) is 22.2 Å². The van der Waals surface area contributed by atoms with Crippen molar-refractivity contribution in [3.63, 3.8) is 0 Å². The average Bonchev–Trinajstić information content (AvgIpc) is 3.33. The molecule has 0 fully saturated rings. The van der Waals surface area contributed by atoms with Crippen LogP contribution in [0.5, 0.6) is 5.75 Å². The van der Waals surface area contributed by atoms with Crippen LogP contribution in [0.2, 0.25) is 5.02 Å². The fourth-order valence-corrected chi connectivity index (χ4v) is 3.51. The maximum Gasteiger partial charge on any atom is 0.413 e. The van der Waals surface area contributed by atoms with E-state index in [4.69, 9.17) is 21.1 Å². The number of fused-ring (bicyclic) bond motifs is 1. The lowest BCUT2D eigenvalue weighted by molar-refractivity contribution is 0.155. The Morgan fingerprint density at radius 1 is 1.16 bits per heavy atom. The Labute approximate surface area is 184 Å². The number of aromatic nitrogens is 4. The van der Waals surface area contributed by atoms with Crippen LogP contribution in [-0.4, -0.2) is 32.8 Å². The number of rotatable bonds is 6. The Morgan fingerprint density at radius 3 is 2.77 bits per heavy atom. The fourth-order valence-electron chi connectivity index (χ4n) is 3.34. The van der Waals surface area contributed by atoms with Gasteiger partial charge in [-0.3, -0.25) is 10.00 Å². The Kier molecular flexibility index (Phi) is 5.81. The molecule has 4 rings (SSSR count). The van der Waals surface area contributed by atoms with Crippen molar-refractivity contribution < 1.29 is 14.3 Å². The molecule has 2 heterocycles. The van der Waals surface area contributed by atoms with E-state index in [0.717, 1.165) is 22.0 Å². The Hall–Kier alpha value is -3.52. The van der Waals surface area contributed by atoms with E-state index >= 15 is 0 Å². The minimum absolute atomic E-state index is 0.148. The van der Waals surface area contributed by atoms with Crippen molar-refractivity contribution >= 4 is 34.4 Å². The second kappa shape index (κ2) is 8.69. The fraction of sp³-hybridized carbons (Fsp3) is 0.227. The van der Waals surface area contributed by atoms with E-state index in [1.807, 2.05) is 44.4 Å². The van der Waals surface area contributed by atoms with Crippen LogP contribution in [0.3, 0.4) is 0 Å². The smallest absolute Gasteiger partial charge is 0.413 e. The molecule has 0 aliphatic carbocycles. The molecule has 0 spiro atoms. The number of carbonyl (C=O) groups is 1. The molecule has 2 aromatic carbocycles. The van der Waals surface area contributed by atoms with Crippen LogP contribution in [0.1, 0.15) is 12.5 Å². The summed E-state index contributed by atoms with van der Waals surface area (Å²) in [6.45, 7) is 2.66. The van der Waals surface area contributed by atoms with Gasteiger partial charge in [-0.25, -0.2) is 9.48 Å². The van der Waals surface area contributed by atoms with Gasteiger partial charge < -0.3 is 9.47 Å². The van der Waals surface area contributed by atoms with Crippen LogP contribution < -0.4 is 10.1 Å². The van der Waals surface area contributed by atoms with Crippen molar-refractivity contribution in [3.8, 4) is 17.0 Å². The zero-order valence-corrected chi connectivity index (χ0v) is 18.2. The third-order valence-corrected chi connectivity index (χ3v) is 5.04. The van der Waals surface area contributed by atoms with Gasteiger partial charge in [0.2, 0.25) is 0 Å². The molecule has 4 aromatic rings. The number of aryl methyl sites for hydroxylation is 2. The van der Waals surface area contributed by atoms with Gasteiger partial charge in [0.1, 0.15) is 18.2 Å². The third-order valence-electron chi connectivity index (χ3n) is 4.80. The lowest BCUT2D eigenvalue weighted by atomic mass is 10.1. The van der Waals surface area contributed by atoms with Crippen molar-refractivity contribution in [1.29, 1.82) is 0 Å². The molecule has 1 N–H and O–H groups in total. The minimum Gasteiger partial charge on any atom is -0.496 e. The van der Waals surface area contributed by atoms with Gasteiger partial charge >= 0.3 is 6.09 Å². The van der Waals surface area contributed by atoms with Gasteiger partial charge in [-0.2, -0.15) is 10.2 Å². The highest BCUT2D eigenvalue weighted by atomic mass is 35.5. The van der Waals surface area contributed by atoms with E-state index in [0.29, 0.717) is 28.8 Å². The summed E-state index contributed by atoms with van der Waals surface area (Å²) in [5.74, 6) is 1.13. The Balaban J connectivity index is 1.47. The predicted molar refractivity (Wildman–Crippen MR) is 119 cm³/mol. The molecule has 2 aromatic heterocycles. The average molecular weight is 440 g/mol. The molecule has 160 valence electrons. The van der Waals surface area contributed by atoms with Crippen molar-refractivity contribution in [2.45, 2.75) is 20.1 Å². The highest BCUT2D eigenvalue weighted by molar-refractivity contribution is 6.30. The number of methoxy groups -OCH3 is 1. The second-order valence-electron chi connectivity index (χ2n) is 6.97. The normalized spacial score (nSPS) is 11.0. The number of hydrogen-bond donors (Lipinski definition) is 1. The molecule has 0 saturated carbocycles. The zero-order chi connectivity index (χ0) is 22.0. The van der Waals surface area contributed by atoms with Gasteiger partial charge in [-0.15, -0.1) is 0 Å². The van der Waals surface area contributed by atoms with Crippen LogP contribution >= 0.6 is 11.6 Å². The number of carbonyl (C=O) groups excluding carboxylic acids is 1. The summed E-state index contributed by atoms with van der Waals surface area (Å²) in [5.41, 5.74) is 3.21. The van der Waals surface area contributed by atoms with Crippen LogP contribution in [0, 0.1) is 0 Å². The van der Waals surface area contributed by atoms with E-state index in [2.05, 4.69) is 15.5 Å². The molecule has 1 amide bonds. The van der Waals surface area contributed by atoms with Crippen molar-refractivity contribution in [3.05, 3.63) is 59.2 Å². The summed E-state index contributed by atoms with van der Waals surface area (Å²) in [4.78, 5) is 12.4. The standard InChI is InChI=1S/C22H22ClN5O3/c1-4-28-21(11-19(26-28)17-7-6-16(23)10-20(17)30-3)24-22(29)31-13-14-5-8-18-15(9-14)12-27(2)25-18/h5-12H,4,13H2,1-3H3,(H,24,29). The topological polar surface area (TPSA) is 83.2 Å². The van der Waals surface area contributed by atoms with E-state index in [1.165, 1.54) is 0 Å². The molecule has 0 unspecified atom stereocenters. The van der Waals surface area contributed by atoms with Crippen molar-refractivity contribution in [1.82, 2.24) is 19.6 Å². The highest BCUT2D eigenvalue weighted by Crippen LogP contribution is 2.33. The molecule has 0 bridgehead atoms. The maximum atomic E-state index is 12.4. The SMILES string of the molecule is CCn1nc(-c2ccc(Cl)cc2OC)cc1NC(=O)OCc1ccc2nn(C)cc2c1. The number of ether oxygens (including phenoxy) is 2. The monoisotopic (exact) mass is 439 g/mol. The summed E-state index contributed by atoms with van der Waals surface area (Å²) in [6, 6.07) is 12.9. The number of nitrogens with one attached hydrogen (secondary N) is 1. The summed E-state index contributed by atoms with van der Waals surface area (Å²) < 4.78 is 14.3. The summed E-state index contributed by atoms with van der Waals surface area (Å²) in [6.07, 6.45) is 1.36. The van der Waals surface area contributed by atoms with E-state index in [1.54, 1.807) is 34.7 Å². The first-order chi connectivity index (χ1) is 15.0. The molecule has 31 heavy (non-hydrogen) atoms. The van der Waals surface area contributed by atoms with Crippen LogP contribution in [-0.2, 0) is 24.9 Å². The van der Waals surface area contributed by atoms with Gasteiger partial charge in [0.15, 0.2) is 0 Å². The zero-order valence-electron chi connectivity index (χ0n) is 17.4. The third kappa shape index (κ3) is 4.49. The lowest BCUT2D eigenvalue weighted by Gasteiger charge is -2.08. The van der Waals surface area contributed by atoms with Gasteiger partial charge in [-0.05, 0) is 42.8 Å². The molecular formula is C22H22ClN5O3. The van der Waals surface area contributed by atoms with Crippen molar-refractivity contribution in [2.24, 2.45) is 7.05 Å². The lowest BCUT2D eigenvalue weighted by Crippen LogP contribution is -2.16. The van der Waals surface area contributed by atoms with Crippen LogP contribution in [0.4, 0.5) is 10.6 Å². The quantitative estimate of drug-likeness (QED) is 0.463. The molecule has 0 radical (unpaired) electrons. The van der Waals surface area contributed by atoms with Crippen LogP contribution in [0.15, 0.2) is 48.7 Å². The highest BCUT2D eigenvalue weighted by Gasteiger charge is 2.15. The molecule has 8 nitrogen and oxygen atoms in total. The summed E-state index contributed by atoms with van der Waals surface area (Å²) in [5, 5.41) is 13.2. The van der Waals surface area contributed by atoms with Gasteiger partial charge in [0, 0.05) is 41.8 Å². The minimum atomic E-state index is -0.560. The first-order valence-corrected chi connectivity index (χ1v) is 10.1. The molecule has 9 heteroatoms. The van der Waals surface area contributed by atoms with Gasteiger partial charge in [0.25, 0.3) is 0 Å². The number of anilines is 1. The number of hydrogen-bond acceptors (Lipinski definition) is 5. The molecular weight excluding hydrogens is 418 g/mol. The summed E-state index contributed by atoms with van der Waals surface area (Å²) >= 11 is 6.05. The van der Waals surface area contributed by atoms with E-state index in [9.17, 15) is 4.79 Å². The largest absolute Gasteiger partial charge is 0.496 e. The summed E-state index contributed by atoms with van der Waals surface area (Å²) in [7, 11) is 3.44. The second-order valence-corrected chi connectivity index (χ2v) is 7.41. The molecule has 0 aliphatic rings. The molecule has 0 aliphatic heterocycles. The Morgan fingerprint density at radius 2 is 2.00 bits per heavy atom. The van der Waals surface area contributed by atoms with E-state index < -0.39 is 6.09 Å². The van der Waals surface area contributed by atoms with Gasteiger partial charge in [0.05, 0.1) is 18.3 Å². The number of benzene rings is 2. The first-order valence-electron chi connectivity index (χ1n) is 9.74. The number of nitrogens with zero attached hydrogens (tertiary/aromatic N) is 4. The number of amides is 1. The van der Waals surface area contributed by atoms with Crippen molar-refractivity contribution in [2.75, 3.05) is 12.4 Å². The first kappa shape index (κ1) is 20.7. The molecule has 0 atom stereocenters. The van der Waals surface area contributed by atoms with E-state index in [-0.39, 0.29) is 6.61 Å². The molecule has 0 saturated heterocycles. The Bertz CT molecular complexity index is 1250. The van der Waals surface area contributed by atoms with Gasteiger partial charge in [-0.1, -0.05) is 17.7 Å². The number of halogens is 1. The maximum absolute atomic E-state index is 12.4.